The summed E-state index contributed by atoms with van der Waals surface area (Å²) in [7, 11) is 0. The third-order valence-corrected chi connectivity index (χ3v) is 4.20. The molecule has 0 aliphatic carbocycles. The molecule has 1 heterocycles. The molecule has 2 rings (SSSR count). The molecule has 4 atom stereocenters. The Morgan fingerprint density at radius 1 is 1.38 bits per heavy atom. The molecule has 1 saturated heterocycles. The molecule has 3 unspecified atom stereocenters. The largest absolute Gasteiger partial charge is 0.480 e. The second kappa shape index (κ2) is 6.83. The number of carbonyl (C=O) groups is 2. The van der Waals surface area contributed by atoms with Crippen LogP contribution in [0.15, 0.2) is 30.3 Å². The van der Waals surface area contributed by atoms with Crippen LogP contribution in [-0.4, -0.2) is 35.5 Å². The Morgan fingerprint density at radius 3 is 2.57 bits per heavy atom. The second-order valence-corrected chi connectivity index (χ2v) is 5.60. The molecule has 0 amide bonds. The highest BCUT2D eigenvalue weighted by molar-refractivity contribution is 5.90. The van der Waals surface area contributed by atoms with Crippen LogP contribution in [0.5, 0.6) is 0 Å². The summed E-state index contributed by atoms with van der Waals surface area (Å²) < 4.78 is 0. The van der Waals surface area contributed by atoms with Gasteiger partial charge in [0.15, 0.2) is 5.78 Å². The van der Waals surface area contributed by atoms with E-state index in [9.17, 15) is 9.59 Å². The SMILES string of the molecule is CCC(N)C(=O)C(c1ccccc1)C1CN[C@H](C(=O)O)C1. The van der Waals surface area contributed by atoms with Crippen LogP contribution in [0.4, 0.5) is 0 Å². The lowest BCUT2D eigenvalue weighted by molar-refractivity contribution is -0.139. The van der Waals surface area contributed by atoms with Crippen LogP contribution >= 0.6 is 0 Å². The van der Waals surface area contributed by atoms with Crippen molar-refractivity contribution >= 4 is 11.8 Å². The topological polar surface area (TPSA) is 92.4 Å². The molecule has 1 aliphatic rings. The highest BCUT2D eigenvalue weighted by Crippen LogP contribution is 2.33. The minimum atomic E-state index is -0.864. The first-order valence-electron chi connectivity index (χ1n) is 7.35. The highest BCUT2D eigenvalue weighted by atomic mass is 16.4. The van der Waals surface area contributed by atoms with Gasteiger partial charge in [0.25, 0.3) is 0 Å². The van der Waals surface area contributed by atoms with Gasteiger partial charge in [0.05, 0.1) is 6.04 Å². The van der Waals surface area contributed by atoms with Gasteiger partial charge >= 0.3 is 5.97 Å². The molecule has 1 aromatic carbocycles. The summed E-state index contributed by atoms with van der Waals surface area (Å²) in [6, 6.07) is 8.44. The smallest absolute Gasteiger partial charge is 0.320 e. The van der Waals surface area contributed by atoms with Gasteiger partial charge in [-0.25, -0.2) is 0 Å². The van der Waals surface area contributed by atoms with Crippen molar-refractivity contribution in [1.29, 1.82) is 0 Å². The van der Waals surface area contributed by atoms with E-state index in [1.54, 1.807) is 0 Å². The quantitative estimate of drug-likeness (QED) is 0.730. The fourth-order valence-electron chi connectivity index (χ4n) is 2.97. The predicted molar refractivity (Wildman–Crippen MR) is 80.0 cm³/mol. The molecule has 4 N–H and O–H groups in total. The van der Waals surface area contributed by atoms with E-state index in [1.807, 2.05) is 37.3 Å². The Hall–Kier alpha value is -1.72. The van der Waals surface area contributed by atoms with E-state index in [0.29, 0.717) is 19.4 Å². The van der Waals surface area contributed by atoms with Gasteiger partial charge in [-0.3, -0.25) is 9.59 Å². The van der Waals surface area contributed by atoms with Crippen LogP contribution in [0.25, 0.3) is 0 Å². The lowest BCUT2D eigenvalue weighted by Gasteiger charge is -2.25. The maximum absolute atomic E-state index is 12.6. The summed E-state index contributed by atoms with van der Waals surface area (Å²) in [4.78, 5) is 23.7. The van der Waals surface area contributed by atoms with Crippen molar-refractivity contribution in [3.8, 4) is 0 Å². The van der Waals surface area contributed by atoms with E-state index in [1.165, 1.54) is 0 Å². The number of hydrogen-bond acceptors (Lipinski definition) is 4. The second-order valence-electron chi connectivity index (χ2n) is 5.60. The number of nitrogens with one attached hydrogen (secondary N) is 1. The molecular weight excluding hydrogens is 268 g/mol. The number of benzene rings is 1. The number of carboxylic acid groups (broad SMARTS) is 1. The fraction of sp³-hybridized carbons (Fsp3) is 0.500. The first kappa shape index (κ1) is 15.7. The van der Waals surface area contributed by atoms with E-state index < -0.39 is 18.1 Å². The third kappa shape index (κ3) is 3.49. The molecule has 0 spiro atoms. The van der Waals surface area contributed by atoms with Crippen LogP contribution in [0.2, 0.25) is 0 Å². The lowest BCUT2D eigenvalue weighted by atomic mass is 9.79. The van der Waals surface area contributed by atoms with E-state index in [0.717, 1.165) is 5.56 Å². The standard InChI is InChI=1S/C16H22N2O3/c1-2-12(17)15(19)14(10-6-4-3-5-7-10)11-8-13(16(20)21)18-9-11/h3-7,11-14,18H,2,8-9,17H2,1H3,(H,20,21)/t11?,12?,13-,14?/m0/s1. The number of Topliss-reactive ketones (excluding diaryl/α,β-unsaturated/α-hetero) is 1. The van der Waals surface area contributed by atoms with Crippen LogP contribution < -0.4 is 11.1 Å². The van der Waals surface area contributed by atoms with Crippen molar-refractivity contribution in [2.45, 2.75) is 37.8 Å². The molecule has 1 fully saturated rings. The molecule has 0 bridgehead atoms. The number of nitrogens with two attached hydrogens (primary N) is 1. The Bertz CT molecular complexity index is 504. The molecule has 114 valence electrons. The monoisotopic (exact) mass is 290 g/mol. The maximum Gasteiger partial charge on any atom is 0.320 e. The van der Waals surface area contributed by atoms with Crippen LogP contribution in [0.1, 0.15) is 31.2 Å². The van der Waals surface area contributed by atoms with Gasteiger partial charge in [-0.15, -0.1) is 0 Å². The minimum Gasteiger partial charge on any atom is -0.480 e. The summed E-state index contributed by atoms with van der Waals surface area (Å²) >= 11 is 0. The molecule has 0 saturated carbocycles. The maximum atomic E-state index is 12.6. The number of aliphatic carboxylic acids is 1. The van der Waals surface area contributed by atoms with Crippen LogP contribution in [-0.2, 0) is 9.59 Å². The van der Waals surface area contributed by atoms with E-state index >= 15 is 0 Å². The Balaban J connectivity index is 2.25. The first-order chi connectivity index (χ1) is 10.0. The third-order valence-electron chi connectivity index (χ3n) is 4.20. The molecule has 1 aromatic rings. The van der Waals surface area contributed by atoms with Crippen molar-refractivity contribution in [3.63, 3.8) is 0 Å². The summed E-state index contributed by atoms with van der Waals surface area (Å²) in [6.45, 7) is 2.41. The van der Waals surface area contributed by atoms with Gasteiger partial charge in [-0.05, 0) is 30.9 Å². The van der Waals surface area contributed by atoms with Crippen LogP contribution in [0.3, 0.4) is 0 Å². The normalized spacial score (nSPS) is 24.5. The molecular formula is C16H22N2O3. The molecule has 1 aliphatic heterocycles. The number of carboxylic acids is 1. The molecule has 5 heteroatoms. The number of rotatable bonds is 6. The van der Waals surface area contributed by atoms with Gasteiger partial charge < -0.3 is 16.2 Å². The van der Waals surface area contributed by atoms with Gasteiger partial charge in [0.1, 0.15) is 6.04 Å². The van der Waals surface area contributed by atoms with E-state index in [-0.39, 0.29) is 17.6 Å². The first-order valence-corrected chi connectivity index (χ1v) is 7.35. The summed E-state index contributed by atoms with van der Waals surface area (Å²) in [5, 5.41) is 12.1. The van der Waals surface area contributed by atoms with Crippen molar-refractivity contribution in [2.24, 2.45) is 11.7 Å². The van der Waals surface area contributed by atoms with Crippen molar-refractivity contribution in [1.82, 2.24) is 5.32 Å². The van der Waals surface area contributed by atoms with Crippen molar-refractivity contribution < 1.29 is 14.7 Å². The zero-order valence-electron chi connectivity index (χ0n) is 12.2. The predicted octanol–water partition coefficient (Wildman–Crippen LogP) is 1.14. The average Bonchev–Trinajstić information content (AvgIpc) is 2.97. The number of hydrogen-bond donors (Lipinski definition) is 3. The highest BCUT2D eigenvalue weighted by Gasteiger charge is 2.39. The molecule has 0 radical (unpaired) electrons. The minimum absolute atomic E-state index is 0.00142. The molecule has 5 nitrogen and oxygen atoms in total. The van der Waals surface area contributed by atoms with Gasteiger partial charge in [0, 0.05) is 5.92 Å². The van der Waals surface area contributed by atoms with Gasteiger partial charge in [-0.1, -0.05) is 37.3 Å². The van der Waals surface area contributed by atoms with Gasteiger partial charge in [0.2, 0.25) is 0 Å². The lowest BCUT2D eigenvalue weighted by Crippen LogP contribution is -2.37. The van der Waals surface area contributed by atoms with Crippen molar-refractivity contribution in [2.75, 3.05) is 6.54 Å². The number of carbonyl (C=O) groups excluding carboxylic acids is 1. The van der Waals surface area contributed by atoms with E-state index in [2.05, 4.69) is 5.32 Å². The number of ketones is 1. The van der Waals surface area contributed by atoms with Crippen LogP contribution in [0, 0.1) is 5.92 Å². The summed E-state index contributed by atoms with van der Waals surface area (Å²) in [5.74, 6) is -1.23. The Morgan fingerprint density at radius 2 is 2.05 bits per heavy atom. The average molecular weight is 290 g/mol. The summed E-state index contributed by atoms with van der Waals surface area (Å²) in [5.41, 5.74) is 6.85. The molecule has 21 heavy (non-hydrogen) atoms. The Labute approximate surface area is 124 Å². The molecule has 0 aromatic heterocycles. The Kier molecular flexibility index (Phi) is 5.09. The fourth-order valence-corrected chi connectivity index (χ4v) is 2.97. The van der Waals surface area contributed by atoms with Crippen molar-refractivity contribution in [3.05, 3.63) is 35.9 Å². The zero-order chi connectivity index (χ0) is 15.4. The van der Waals surface area contributed by atoms with E-state index in [4.69, 9.17) is 10.8 Å². The zero-order valence-corrected chi connectivity index (χ0v) is 12.2. The summed E-state index contributed by atoms with van der Waals surface area (Å²) in [6.07, 6.45) is 1.04. The van der Waals surface area contributed by atoms with Gasteiger partial charge in [-0.2, -0.15) is 0 Å².